The summed E-state index contributed by atoms with van der Waals surface area (Å²) in [5.41, 5.74) is 1.75. The number of nitrogens with zero attached hydrogens (tertiary/aromatic N) is 2. The van der Waals surface area contributed by atoms with Gasteiger partial charge in [0.15, 0.2) is 17.3 Å². The van der Waals surface area contributed by atoms with Crippen LogP contribution >= 0.6 is 22.6 Å². The first-order chi connectivity index (χ1) is 10.1. The van der Waals surface area contributed by atoms with Crippen molar-refractivity contribution < 1.29 is 9.47 Å². The first kappa shape index (κ1) is 15.8. The van der Waals surface area contributed by atoms with Gasteiger partial charge in [-0.25, -0.2) is 9.97 Å². The van der Waals surface area contributed by atoms with Crippen LogP contribution in [0.5, 0.6) is 11.5 Å². The molecule has 1 aromatic heterocycles. The summed E-state index contributed by atoms with van der Waals surface area (Å²) in [6.07, 6.45) is 0. The van der Waals surface area contributed by atoms with Crippen LogP contribution < -0.4 is 14.8 Å². The van der Waals surface area contributed by atoms with E-state index in [1.807, 2.05) is 32.0 Å². The van der Waals surface area contributed by atoms with E-state index in [9.17, 15) is 0 Å². The summed E-state index contributed by atoms with van der Waals surface area (Å²) < 4.78 is 11.8. The Hall–Kier alpha value is -1.57. The van der Waals surface area contributed by atoms with Crippen LogP contribution in [0, 0.1) is 10.5 Å². The number of para-hydroxylation sites is 1. The molecule has 0 bridgehead atoms. The molecule has 0 atom stereocenters. The summed E-state index contributed by atoms with van der Waals surface area (Å²) in [4.78, 5) is 9.19. The first-order valence-electron chi connectivity index (χ1n) is 6.61. The number of ether oxygens (including phenoxy) is 2. The molecule has 0 saturated heterocycles. The maximum Gasteiger partial charge on any atom is 0.171 e. The van der Waals surface area contributed by atoms with Crippen LogP contribution in [0.4, 0.5) is 5.82 Å². The molecule has 1 heterocycles. The van der Waals surface area contributed by atoms with Crippen molar-refractivity contribution >= 4 is 28.4 Å². The molecule has 0 aliphatic heterocycles. The lowest BCUT2D eigenvalue weighted by molar-refractivity contribution is 0.356. The van der Waals surface area contributed by atoms with Gasteiger partial charge >= 0.3 is 0 Å². The minimum absolute atomic E-state index is 0.625. The van der Waals surface area contributed by atoms with E-state index >= 15 is 0 Å². The number of aromatic nitrogens is 2. The predicted molar refractivity (Wildman–Crippen MR) is 92.2 cm³/mol. The summed E-state index contributed by atoms with van der Waals surface area (Å²) in [7, 11) is 3.23. The minimum Gasteiger partial charge on any atom is -0.493 e. The molecule has 2 aromatic rings. The number of hydrogen-bond donors (Lipinski definition) is 1. The monoisotopic (exact) mass is 399 g/mol. The number of nitrogens with one attached hydrogen (secondary N) is 1. The van der Waals surface area contributed by atoms with E-state index in [2.05, 4.69) is 37.9 Å². The lowest BCUT2D eigenvalue weighted by Gasteiger charge is -2.14. The first-order valence-corrected chi connectivity index (χ1v) is 7.69. The number of hydrogen-bond acceptors (Lipinski definition) is 5. The second-order valence-corrected chi connectivity index (χ2v) is 5.45. The number of halogens is 1. The Bertz CT molecular complexity index is 647. The molecular weight excluding hydrogens is 381 g/mol. The Morgan fingerprint density at radius 2 is 1.95 bits per heavy atom. The Morgan fingerprint density at radius 1 is 1.19 bits per heavy atom. The summed E-state index contributed by atoms with van der Waals surface area (Å²) in [5.74, 6) is 2.77. The molecular formula is C15H18IN3O2. The molecule has 2 rings (SSSR count). The number of benzene rings is 1. The van der Waals surface area contributed by atoms with Crippen molar-refractivity contribution in [2.45, 2.75) is 13.8 Å². The molecule has 0 amide bonds. The van der Waals surface area contributed by atoms with Gasteiger partial charge in [-0.05, 0) is 48.6 Å². The SMILES string of the molecule is CCNc1nc(-c2cccc(OC)c2OC)nc(C)c1I. The van der Waals surface area contributed by atoms with Crippen molar-refractivity contribution in [2.24, 2.45) is 0 Å². The minimum atomic E-state index is 0.625. The third-order valence-corrected chi connectivity index (χ3v) is 4.30. The van der Waals surface area contributed by atoms with E-state index in [1.54, 1.807) is 14.2 Å². The van der Waals surface area contributed by atoms with Gasteiger partial charge in [-0.2, -0.15) is 0 Å². The number of aryl methyl sites for hydroxylation is 1. The lowest BCUT2D eigenvalue weighted by Crippen LogP contribution is -2.06. The van der Waals surface area contributed by atoms with E-state index in [1.165, 1.54) is 0 Å². The molecule has 1 N–H and O–H groups in total. The van der Waals surface area contributed by atoms with Crippen LogP contribution in [0.25, 0.3) is 11.4 Å². The number of methoxy groups -OCH3 is 2. The van der Waals surface area contributed by atoms with E-state index in [-0.39, 0.29) is 0 Å². The molecule has 0 unspecified atom stereocenters. The van der Waals surface area contributed by atoms with Crippen molar-refractivity contribution in [3.63, 3.8) is 0 Å². The summed E-state index contributed by atoms with van der Waals surface area (Å²) in [6.45, 7) is 4.82. The Labute approximate surface area is 138 Å². The zero-order valence-electron chi connectivity index (χ0n) is 12.5. The second kappa shape index (κ2) is 6.93. The van der Waals surface area contributed by atoms with E-state index in [0.29, 0.717) is 17.3 Å². The van der Waals surface area contributed by atoms with Gasteiger partial charge in [-0.15, -0.1) is 0 Å². The molecule has 0 saturated carbocycles. The highest BCUT2D eigenvalue weighted by atomic mass is 127. The largest absolute Gasteiger partial charge is 0.493 e. The maximum absolute atomic E-state index is 5.46. The highest BCUT2D eigenvalue weighted by molar-refractivity contribution is 14.1. The third kappa shape index (κ3) is 3.20. The van der Waals surface area contributed by atoms with Crippen molar-refractivity contribution in [1.29, 1.82) is 0 Å². The smallest absolute Gasteiger partial charge is 0.171 e. The normalized spacial score (nSPS) is 10.3. The standard InChI is InChI=1S/C15H18IN3O2/c1-5-17-15-12(16)9(2)18-14(19-15)10-7-6-8-11(20-3)13(10)21-4/h6-8H,5H2,1-4H3,(H,17,18,19). The van der Waals surface area contributed by atoms with Crippen molar-refractivity contribution in [1.82, 2.24) is 9.97 Å². The Balaban J connectivity index is 2.62. The van der Waals surface area contributed by atoms with Gasteiger partial charge in [0, 0.05) is 6.54 Å². The van der Waals surface area contributed by atoms with Gasteiger partial charge in [0.05, 0.1) is 29.0 Å². The van der Waals surface area contributed by atoms with E-state index in [4.69, 9.17) is 9.47 Å². The maximum atomic E-state index is 5.46. The van der Waals surface area contributed by atoms with Gasteiger partial charge in [-0.1, -0.05) is 6.07 Å². The van der Waals surface area contributed by atoms with Crippen molar-refractivity contribution in [3.8, 4) is 22.9 Å². The van der Waals surface area contributed by atoms with Gasteiger partial charge in [0.25, 0.3) is 0 Å². The van der Waals surface area contributed by atoms with Crippen LogP contribution in [-0.4, -0.2) is 30.7 Å². The van der Waals surface area contributed by atoms with Gasteiger partial charge in [0.1, 0.15) is 5.82 Å². The predicted octanol–water partition coefficient (Wildman–Crippen LogP) is 3.51. The fraction of sp³-hybridized carbons (Fsp3) is 0.333. The molecule has 0 aliphatic carbocycles. The molecule has 0 aliphatic rings. The fourth-order valence-electron chi connectivity index (χ4n) is 2.03. The number of rotatable bonds is 5. The van der Waals surface area contributed by atoms with Crippen LogP contribution in [-0.2, 0) is 0 Å². The highest BCUT2D eigenvalue weighted by Crippen LogP contribution is 2.37. The average molecular weight is 399 g/mol. The molecule has 0 radical (unpaired) electrons. The average Bonchev–Trinajstić information content (AvgIpc) is 2.50. The molecule has 5 nitrogen and oxygen atoms in total. The summed E-state index contributed by atoms with van der Waals surface area (Å²) in [6, 6.07) is 5.69. The zero-order valence-corrected chi connectivity index (χ0v) is 14.7. The Morgan fingerprint density at radius 3 is 2.57 bits per heavy atom. The lowest BCUT2D eigenvalue weighted by atomic mass is 10.1. The third-order valence-electron chi connectivity index (χ3n) is 3.00. The van der Waals surface area contributed by atoms with E-state index < -0.39 is 0 Å². The van der Waals surface area contributed by atoms with Crippen molar-refractivity contribution in [3.05, 3.63) is 27.5 Å². The van der Waals surface area contributed by atoms with Gasteiger partial charge in [0.2, 0.25) is 0 Å². The number of anilines is 1. The molecule has 0 fully saturated rings. The fourth-order valence-corrected chi connectivity index (χ4v) is 2.46. The van der Waals surface area contributed by atoms with Crippen LogP contribution in [0.15, 0.2) is 18.2 Å². The van der Waals surface area contributed by atoms with Gasteiger partial charge in [-0.3, -0.25) is 0 Å². The zero-order chi connectivity index (χ0) is 15.4. The molecule has 21 heavy (non-hydrogen) atoms. The Kier molecular flexibility index (Phi) is 5.22. The van der Waals surface area contributed by atoms with Crippen LogP contribution in [0.1, 0.15) is 12.6 Å². The molecule has 1 aromatic carbocycles. The summed E-state index contributed by atoms with van der Waals surface area (Å²) in [5, 5.41) is 3.26. The van der Waals surface area contributed by atoms with E-state index in [0.717, 1.165) is 27.2 Å². The topological polar surface area (TPSA) is 56.3 Å². The molecule has 112 valence electrons. The quantitative estimate of drug-likeness (QED) is 0.781. The van der Waals surface area contributed by atoms with Crippen molar-refractivity contribution in [2.75, 3.05) is 26.1 Å². The van der Waals surface area contributed by atoms with Crippen LogP contribution in [0.2, 0.25) is 0 Å². The van der Waals surface area contributed by atoms with Gasteiger partial charge < -0.3 is 14.8 Å². The van der Waals surface area contributed by atoms with Crippen LogP contribution in [0.3, 0.4) is 0 Å². The molecule has 0 spiro atoms. The highest BCUT2D eigenvalue weighted by Gasteiger charge is 2.16. The second-order valence-electron chi connectivity index (χ2n) is 4.37. The molecule has 6 heteroatoms. The summed E-state index contributed by atoms with van der Waals surface area (Å²) >= 11 is 2.25.